The first kappa shape index (κ1) is 16.3. The maximum absolute atomic E-state index is 12.9. The van der Waals surface area contributed by atoms with E-state index in [2.05, 4.69) is 10.3 Å². The van der Waals surface area contributed by atoms with Gasteiger partial charge in [-0.15, -0.1) is 0 Å². The zero-order chi connectivity index (χ0) is 18.5. The van der Waals surface area contributed by atoms with Crippen molar-refractivity contribution in [2.45, 2.75) is 25.1 Å². The Bertz CT molecular complexity index is 1080. The summed E-state index contributed by atoms with van der Waals surface area (Å²) >= 11 is 0. The average molecular weight is 351 g/mol. The summed E-state index contributed by atoms with van der Waals surface area (Å²) in [6, 6.07) is 12.8. The second-order valence-corrected chi connectivity index (χ2v) is 6.47. The van der Waals surface area contributed by atoms with E-state index in [1.807, 2.05) is 30.3 Å². The molecule has 3 aromatic rings. The summed E-state index contributed by atoms with van der Waals surface area (Å²) in [5.74, 6) is -0.624. The minimum Gasteiger partial charge on any atom is -0.506 e. The second kappa shape index (κ2) is 5.67. The summed E-state index contributed by atoms with van der Waals surface area (Å²) < 4.78 is 1.20. The number of benzene rings is 2. The molecule has 1 amide bonds. The van der Waals surface area contributed by atoms with Crippen LogP contribution in [0.1, 0.15) is 24.4 Å². The number of aromatic hydroxyl groups is 1. The Labute approximate surface area is 148 Å². The number of hydrogen-bond acceptors (Lipinski definition) is 5. The van der Waals surface area contributed by atoms with Crippen LogP contribution in [-0.2, 0) is 16.9 Å². The van der Waals surface area contributed by atoms with Gasteiger partial charge in [0.25, 0.3) is 5.56 Å². The Morgan fingerprint density at radius 1 is 1.15 bits per heavy atom. The van der Waals surface area contributed by atoms with Gasteiger partial charge in [0, 0.05) is 6.42 Å². The van der Waals surface area contributed by atoms with E-state index in [0.717, 1.165) is 5.56 Å². The van der Waals surface area contributed by atoms with Crippen LogP contribution in [0.2, 0.25) is 0 Å². The number of amides is 1. The van der Waals surface area contributed by atoms with Crippen LogP contribution in [0.15, 0.2) is 53.3 Å². The fourth-order valence-corrected chi connectivity index (χ4v) is 3.35. The highest BCUT2D eigenvalue weighted by atomic mass is 16.3. The maximum Gasteiger partial charge on any atom is 0.262 e. The molecule has 0 spiro atoms. The number of carbonyl (C=O) groups excluding carboxylic acids is 1. The van der Waals surface area contributed by atoms with Gasteiger partial charge in [-0.1, -0.05) is 36.4 Å². The highest BCUT2D eigenvalue weighted by molar-refractivity contribution is 5.86. The Balaban J connectivity index is 2.00. The van der Waals surface area contributed by atoms with E-state index < -0.39 is 23.2 Å². The number of phenols is 1. The summed E-state index contributed by atoms with van der Waals surface area (Å²) in [6.07, 6.45) is 0.0395. The number of nitrogens with zero attached hydrogens (tertiary/aromatic N) is 2. The Kier molecular flexibility index (Phi) is 3.55. The number of aromatic nitrogens is 2. The van der Waals surface area contributed by atoms with Crippen molar-refractivity contribution >= 4 is 16.8 Å². The van der Waals surface area contributed by atoms with Gasteiger partial charge in [-0.2, -0.15) is 0 Å². The number of nitrogens with one attached hydrogen (secondary N) is 1. The molecule has 26 heavy (non-hydrogen) atoms. The van der Waals surface area contributed by atoms with Crippen LogP contribution in [0, 0.1) is 0 Å². The minimum atomic E-state index is -1.86. The molecule has 132 valence electrons. The molecule has 0 aliphatic carbocycles. The van der Waals surface area contributed by atoms with Crippen molar-refractivity contribution in [2.75, 3.05) is 0 Å². The van der Waals surface area contributed by atoms with Crippen molar-refractivity contribution < 1.29 is 15.0 Å². The molecule has 0 saturated heterocycles. The molecule has 7 nitrogen and oxygen atoms in total. The molecule has 1 aromatic heterocycles. The van der Waals surface area contributed by atoms with Crippen molar-refractivity contribution in [1.82, 2.24) is 14.9 Å². The Morgan fingerprint density at radius 3 is 2.62 bits per heavy atom. The first-order valence-electron chi connectivity index (χ1n) is 8.24. The lowest BCUT2D eigenvalue weighted by Crippen LogP contribution is -2.58. The molecule has 2 heterocycles. The molecular weight excluding hydrogens is 334 g/mol. The predicted octanol–water partition coefficient (Wildman–Crippen LogP) is 1.18. The van der Waals surface area contributed by atoms with Crippen LogP contribution in [-0.4, -0.2) is 25.7 Å². The zero-order valence-corrected chi connectivity index (χ0v) is 14.0. The zero-order valence-electron chi connectivity index (χ0n) is 14.0. The molecule has 0 saturated carbocycles. The quantitative estimate of drug-likeness (QED) is 0.643. The predicted molar refractivity (Wildman–Crippen MR) is 94.6 cm³/mol. The summed E-state index contributed by atoms with van der Waals surface area (Å²) in [7, 11) is 0. The fraction of sp³-hybridized carbons (Fsp3) is 0.211. The number of rotatable bonds is 2. The molecule has 0 radical (unpaired) electrons. The highest BCUT2D eigenvalue weighted by Gasteiger charge is 2.43. The standard InChI is InChI=1S/C19H17N3O4/c1-11-16(24)21-19(26,10-12-6-3-2-4-7-12)18-20-15-13(17(25)22(11)18)8-5-9-14(15)23/h2-9,11,23,26H,10H2,1H3,(H,21,24)/t11-,19-/m1/s1. The van der Waals surface area contributed by atoms with Gasteiger partial charge in [-0.25, -0.2) is 4.98 Å². The molecular formula is C19H17N3O4. The van der Waals surface area contributed by atoms with Gasteiger partial charge in [-0.05, 0) is 24.6 Å². The molecule has 0 fully saturated rings. The van der Waals surface area contributed by atoms with E-state index in [0.29, 0.717) is 0 Å². The summed E-state index contributed by atoms with van der Waals surface area (Å²) in [4.78, 5) is 29.7. The van der Waals surface area contributed by atoms with Crippen LogP contribution in [0.3, 0.4) is 0 Å². The van der Waals surface area contributed by atoms with E-state index in [-0.39, 0.29) is 28.9 Å². The van der Waals surface area contributed by atoms with Gasteiger partial charge in [0.05, 0.1) is 5.39 Å². The van der Waals surface area contributed by atoms with E-state index in [1.165, 1.54) is 22.8 Å². The molecule has 1 aliphatic rings. The van der Waals surface area contributed by atoms with Crippen molar-refractivity contribution in [3.05, 3.63) is 70.3 Å². The van der Waals surface area contributed by atoms with Crippen molar-refractivity contribution in [1.29, 1.82) is 0 Å². The first-order chi connectivity index (χ1) is 12.4. The number of phenolic OH excluding ortho intramolecular Hbond substituents is 1. The van der Waals surface area contributed by atoms with E-state index in [9.17, 15) is 19.8 Å². The van der Waals surface area contributed by atoms with E-state index in [1.54, 1.807) is 6.92 Å². The van der Waals surface area contributed by atoms with Crippen molar-refractivity contribution in [3.8, 4) is 5.75 Å². The normalized spacial score (nSPS) is 22.1. The summed E-state index contributed by atoms with van der Waals surface area (Å²) in [6.45, 7) is 1.57. The molecule has 7 heteroatoms. The monoisotopic (exact) mass is 351 g/mol. The molecule has 0 unspecified atom stereocenters. The van der Waals surface area contributed by atoms with E-state index in [4.69, 9.17) is 0 Å². The molecule has 0 bridgehead atoms. The topological polar surface area (TPSA) is 104 Å². The Hall–Kier alpha value is -3.19. The van der Waals surface area contributed by atoms with Crippen molar-refractivity contribution in [2.24, 2.45) is 0 Å². The minimum absolute atomic E-state index is 0.00690. The fourth-order valence-electron chi connectivity index (χ4n) is 3.35. The number of aliphatic hydroxyl groups is 1. The Morgan fingerprint density at radius 2 is 1.88 bits per heavy atom. The van der Waals surface area contributed by atoms with Gasteiger partial charge in [-0.3, -0.25) is 14.2 Å². The average Bonchev–Trinajstić information content (AvgIpc) is 2.61. The molecule has 3 N–H and O–H groups in total. The number of para-hydroxylation sites is 1. The number of fused-ring (bicyclic) bond motifs is 2. The lowest BCUT2D eigenvalue weighted by Gasteiger charge is -2.37. The molecule has 4 rings (SSSR count). The first-order valence-corrected chi connectivity index (χ1v) is 8.24. The smallest absolute Gasteiger partial charge is 0.262 e. The van der Waals surface area contributed by atoms with Gasteiger partial charge in [0.15, 0.2) is 5.82 Å². The van der Waals surface area contributed by atoms with Gasteiger partial charge >= 0.3 is 0 Å². The largest absolute Gasteiger partial charge is 0.506 e. The third kappa shape index (κ3) is 2.36. The number of hydrogen-bond donors (Lipinski definition) is 3. The highest BCUT2D eigenvalue weighted by Crippen LogP contribution is 2.30. The van der Waals surface area contributed by atoms with Crippen LogP contribution in [0.4, 0.5) is 0 Å². The lowest BCUT2D eigenvalue weighted by atomic mass is 9.97. The van der Waals surface area contributed by atoms with Crippen molar-refractivity contribution in [3.63, 3.8) is 0 Å². The van der Waals surface area contributed by atoms with Crippen LogP contribution in [0.5, 0.6) is 5.75 Å². The molecule has 2 aromatic carbocycles. The van der Waals surface area contributed by atoms with E-state index >= 15 is 0 Å². The van der Waals surface area contributed by atoms with Gasteiger partial charge < -0.3 is 15.5 Å². The third-order valence-corrected chi connectivity index (χ3v) is 4.68. The summed E-state index contributed by atoms with van der Waals surface area (Å²) in [5.41, 5.74) is -1.48. The van der Waals surface area contributed by atoms with Crippen LogP contribution < -0.4 is 10.9 Å². The molecule has 2 atom stereocenters. The third-order valence-electron chi connectivity index (χ3n) is 4.68. The maximum atomic E-state index is 12.9. The molecule has 1 aliphatic heterocycles. The van der Waals surface area contributed by atoms with Gasteiger partial charge in [0.1, 0.15) is 17.3 Å². The van der Waals surface area contributed by atoms with Crippen LogP contribution in [0.25, 0.3) is 10.9 Å². The SMILES string of the molecule is C[C@@H]1C(=O)N[C@@](O)(Cc2ccccc2)c2nc3c(O)cccc3c(=O)n21. The second-order valence-electron chi connectivity index (χ2n) is 6.47. The van der Waals surface area contributed by atoms with Gasteiger partial charge in [0.2, 0.25) is 11.6 Å². The number of carbonyl (C=O) groups is 1. The summed E-state index contributed by atoms with van der Waals surface area (Å²) in [5, 5.41) is 24.1. The lowest BCUT2D eigenvalue weighted by molar-refractivity contribution is -0.137. The van der Waals surface area contributed by atoms with Crippen LogP contribution >= 0.6 is 0 Å².